The second-order valence-corrected chi connectivity index (χ2v) is 3.61. The third-order valence-corrected chi connectivity index (χ3v) is 2.44. The largest absolute Gasteiger partial charge is 0.324 e. The van der Waals surface area contributed by atoms with E-state index in [1.807, 2.05) is 6.92 Å². The smallest absolute Gasteiger partial charge is 0.246 e. The maximum atomic E-state index is 12.9. The summed E-state index contributed by atoms with van der Waals surface area (Å²) >= 11 is 0. The summed E-state index contributed by atoms with van der Waals surface area (Å²) < 4.78 is 12.9. The zero-order valence-electron chi connectivity index (χ0n) is 8.51. The van der Waals surface area contributed by atoms with E-state index >= 15 is 0 Å². The van der Waals surface area contributed by atoms with Crippen molar-refractivity contribution >= 4 is 11.6 Å². The normalized spacial score (nSPS) is 18.8. The zero-order valence-corrected chi connectivity index (χ0v) is 8.51. The molecule has 0 saturated heterocycles. The summed E-state index contributed by atoms with van der Waals surface area (Å²) in [6, 6.07) is 4.04. The highest BCUT2D eigenvalue weighted by Gasteiger charge is 2.29. The van der Waals surface area contributed by atoms with Crippen LogP contribution in [0.15, 0.2) is 18.2 Å². The minimum absolute atomic E-state index is 0.107. The van der Waals surface area contributed by atoms with E-state index in [1.165, 1.54) is 12.1 Å². The van der Waals surface area contributed by atoms with Crippen molar-refractivity contribution in [1.29, 1.82) is 0 Å². The Hall–Kier alpha value is -1.42. The number of rotatable bonds is 3. The van der Waals surface area contributed by atoms with E-state index in [4.69, 9.17) is 0 Å². The van der Waals surface area contributed by atoms with Crippen molar-refractivity contribution < 1.29 is 9.18 Å². The first-order valence-electron chi connectivity index (χ1n) is 5.06. The molecule has 1 heterocycles. The summed E-state index contributed by atoms with van der Waals surface area (Å²) in [6.07, 6.45) is 0.959. The van der Waals surface area contributed by atoms with Crippen LogP contribution >= 0.6 is 0 Å². The molecule has 0 fully saturated rings. The highest BCUT2D eigenvalue weighted by atomic mass is 19.1. The number of carbonyl (C=O) groups is 1. The van der Waals surface area contributed by atoms with Crippen LogP contribution in [-0.4, -0.2) is 12.5 Å². The van der Waals surface area contributed by atoms with Gasteiger partial charge in [0.05, 0.1) is 0 Å². The molecule has 80 valence electrons. The molecule has 2 rings (SSSR count). The molecule has 0 spiro atoms. The van der Waals surface area contributed by atoms with Crippen LogP contribution in [0, 0.1) is 5.82 Å². The number of carbonyl (C=O) groups excluding carboxylic acids is 1. The van der Waals surface area contributed by atoms with Crippen LogP contribution < -0.4 is 10.6 Å². The molecule has 1 aromatic rings. The molecule has 1 unspecified atom stereocenters. The quantitative estimate of drug-likeness (QED) is 0.795. The molecule has 1 aromatic carbocycles. The fraction of sp³-hybridized carbons (Fsp3) is 0.364. The highest BCUT2D eigenvalue weighted by molar-refractivity contribution is 6.02. The van der Waals surface area contributed by atoms with Gasteiger partial charge >= 0.3 is 0 Å². The molecule has 1 atom stereocenters. The molecule has 3 nitrogen and oxygen atoms in total. The zero-order chi connectivity index (χ0) is 10.8. The number of amides is 1. The standard InChI is InChI=1S/C11H13FN2O/c1-2-5-13-10-8-4-3-7(12)6-9(8)14-11(10)15/h3-4,6,10,13H,2,5H2,1H3,(H,14,15). The molecular formula is C11H13FN2O. The van der Waals surface area contributed by atoms with E-state index in [9.17, 15) is 9.18 Å². The van der Waals surface area contributed by atoms with Crippen LogP contribution in [0.5, 0.6) is 0 Å². The second kappa shape index (κ2) is 3.98. The minimum atomic E-state index is -0.333. The number of anilines is 1. The first-order valence-corrected chi connectivity index (χ1v) is 5.06. The number of fused-ring (bicyclic) bond motifs is 1. The molecule has 2 N–H and O–H groups in total. The van der Waals surface area contributed by atoms with E-state index in [0.29, 0.717) is 5.69 Å². The van der Waals surface area contributed by atoms with Crippen LogP contribution in [0.25, 0.3) is 0 Å². The van der Waals surface area contributed by atoms with Crippen molar-refractivity contribution in [3.8, 4) is 0 Å². The molecule has 0 bridgehead atoms. The molecule has 1 aliphatic heterocycles. The summed E-state index contributed by atoms with van der Waals surface area (Å²) in [4.78, 5) is 11.6. The molecule has 0 radical (unpaired) electrons. The van der Waals surface area contributed by atoms with Gasteiger partial charge in [-0.1, -0.05) is 13.0 Å². The Morgan fingerprint density at radius 1 is 1.53 bits per heavy atom. The average Bonchev–Trinajstić information content (AvgIpc) is 2.50. The summed E-state index contributed by atoms with van der Waals surface area (Å²) in [7, 11) is 0. The number of benzene rings is 1. The van der Waals surface area contributed by atoms with Crippen molar-refractivity contribution in [1.82, 2.24) is 5.32 Å². The lowest BCUT2D eigenvalue weighted by Crippen LogP contribution is -2.27. The van der Waals surface area contributed by atoms with E-state index in [1.54, 1.807) is 6.07 Å². The molecule has 0 aliphatic carbocycles. The molecular weight excluding hydrogens is 195 g/mol. The Labute approximate surface area is 87.7 Å². The third kappa shape index (κ3) is 1.85. The van der Waals surface area contributed by atoms with Gasteiger partial charge in [0, 0.05) is 11.3 Å². The molecule has 0 saturated carbocycles. The average molecular weight is 208 g/mol. The minimum Gasteiger partial charge on any atom is -0.324 e. The fourth-order valence-electron chi connectivity index (χ4n) is 1.73. The summed E-state index contributed by atoms with van der Waals surface area (Å²) in [5.74, 6) is -0.436. The number of halogens is 1. The Balaban J connectivity index is 2.25. The van der Waals surface area contributed by atoms with Gasteiger partial charge in [-0.3, -0.25) is 4.79 Å². The predicted octanol–water partition coefficient (Wildman–Crippen LogP) is 1.82. The van der Waals surface area contributed by atoms with Crippen LogP contribution in [-0.2, 0) is 4.79 Å². The summed E-state index contributed by atoms with van der Waals surface area (Å²) in [5, 5.41) is 5.78. The van der Waals surface area contributed by atoms with E-state index in [-0.39, 0.29) is 17.8 Å². The molecule has 4 heteroatoms. The van der Waals surface area contributed by atoms with E-state index in [2.05, 4.69) is 10.6 Å². The Morgan fingerprint density at radius 2 is 2.33 bits per heavy atom. The topological polar surface area (TPSA) is 41.1 Å². The number of hydrogen-bond donors (Lipinski definition) is 2. The predicted molar refractivity (Wildman–Crippen MR) is 56.1 cm³/mol. The van der Waals surface area contributed by atoms with Gasteiger partial charge in [-0.05, 0) is 25.1 Å². The lowest BCUT2D eigenvalue weighted by atomic mass is 10.1. The van der Waals surface area contributed by atoms with E-state index < -0.39 is 0 Å². The maximum Gasteiger partial charge on any atom is 0.246 e. The van der Waals surface area contributed by atoms with Crippen LogP contribution in [0.2, 0.25) is 0 Å². The molecule has 1 aliphatic rings. The van der Waals surface area contributed by atoms with Crippen LogP contribution in [0.1, 0.15) is 24.9 Å². The summed E-state index contributed by atoms with van der Waals surface area (Å²) in [5.41, 5.74) is 1.41. The van der Waals surface area contributed by atoms with Crippen molar-refractivity contribution in [2.24, 2.45) is 0 Å². The Morgan fingerprint density at radius 3 is 3.07 bits per heavy atom. The Bertz CT molecular complexity index is 392. The highest BCUT2D eigenvalue weighted by Crippen LogP contribution is 2.30. The third-order valence-electron chi connectivity index (χ3n) is 2.44. The van der Waals surface area contributed by atoms with Crippen molar-refractivity contribution in [2.45, 2.75) is 19.4 Å². The van der Waals surface area contributed by atoms with Gasteiger partial charge in [-0.2, -0.15) is 0 Å². The van der Waals surface area contributed by atoms with E-state index in [0.717, 1.165) is 18.5 Å². The Kier molecular flexibility index (Phi) is 2.68. The second-order valence-electron chi connectivity index (χ2n) is 3.61. The van der Waals surface area contributed by atoms with Gasteiger partial charge in [0.2, 0.25) is 5.91 Å². The van der Waals surface area contributed by atoms with Crippen LogP contribution in [0.4, 0.5) is 10.1 Å². The lowest BCUT2D eigenvalue weighted by Gasteiger charge is -2.09. The molecule has 0 aromatic heterocycles. The first kappa shape index (κ1) is 10.1. The fourth-order valence-corrected chi connectivity index (χ4v) is 1.73. The van der Waals surface area contributed by atoms with Gasteiger partial charge in [0.25, 0.3) is 0 Å². The number of hydrogen-bond acceptors (Lipinski definition) is 2. The SMILES string of the molecule is CCCNC1C(=O)Nc2cc(F)ccc21. The van der Waals surface area contributed by atoms with Crippen molar-refractivity contribution in [3.05, 3.63) is 29.6 Å². The van der Waals surface area contributed by atoms with Crippen molar-refractivity contribution in [3.63, 3.8) is 0 Å². The molecule has 15 heavy (non-hydrogen) atoms. The van der Waals surface area contributed by atoms with Crippen molar-refractivity contribution in [2.75, 3.05) is 11.9 Å². The van der Waals surface area contributed by atoms with Gasteiger partial charge in [-0.15, -0.1) is 0 Å². The lowest BCUT2D eigenvalue weighted by molar-refractivity contribution is -0.117. The van der Waals surface area contributed by atoms with Gasteiger partial charge in [-0.25, -0.2) is 4.39 Å². The monoisotopic (exact) mass is 208 g/mol. The number of nitrogens with one attached hydrogen (secondary N) is 2. The first-order chi connectivity index (χ1) is 7.22. The van der Waals surface area contributed by atoms with Gasteiger partial charge in [0.15, 0.2) is 0 Å². The van der Waals surface area contributed by atoms with Gasteiger partial charge in [0.1, 0.15) is 11.9 Å². The summed E-state index contributed by atoms with van der Waals surface area (Å²) in [6.45, 7) is 2.81. The molecule has 1 amide bonds. The maximum absolute atomic E-state index is 12.9. The van der Waals surface area contributed by atoms with Crippen LogP contribution in [0.3, 0.4) is 0 Å². The van der Waals surface area contributed by atoms with Gasteiger partial charge < -0.3 is 10.6 Å².